The minimum atomic E-state index is -4.57. The third-order valence-corrected chi connectivity index (χ3v) is 3.11. The van der Waals surface area contributed by atoms with Crippen LogP contribution in [0.4, 0.5) is 13.2 Å². The molecule has 5 heteroatoms. The van der Waals surface area contributed by atoms with Crippen LogP contribution in [0, 0.1) is 11.8 Å². The molecule has 1 saturated carbocycles. The van der Waals surface area contributed by atoms with E-state index >= 15 is 0 Å². The Bertz CT molecular complexity index is 205. The van der Waals surface area contributed by atoms with E-state index in [1.54, 1.807) is 0 Å². The number of aliphatic hydroxyl groups excluding tert-OH is 2. The highest BCUT2D eigenvalue weighted by molar-refractivity contribution is 4.81. The fraction of sp³-hybridized carbons (Fsp3) is 1.00. The van der Waals surface area contributed by atoms with Gasteiger partial charge in [0.2, 0.25) is 0 Å². The van der Waals surface area contributed by atoms with Gasteiger partial charge in [-0.15, -0.1) is 0 Å². The second kappa shape index (κ2) is 4.70. The van der Waals surface area contributed by atoms with Crippen molar-refractivity contribution in [2.45, 2.75) is 51.0 Å². The lowest BCUT2D eigenvalue weighted by Crippen LogP contribution is -2.36. The molecule has 1 rings (SSSR count). The number of rotatable bonds is 2. The van der Waals surface area contributed by atoms with Crippen LogP contribution in [0.1, 0.15) is 32.6 Å². The van der Waals surface area contributed by atoms with Crippen molar-refractivity contribution in [1.29, 1.82) is 0 Å². The molecule has 4 atom stereocenters. The summed E-state index contributed by atoms with van der Waals surface area (Å²) in [5, 5.41) is 18.4. The molecular formula is C10H17F3O2. The van der Waals surface area contributed by atoms with Gasteiger partial charge in [-0.05, 0) is 37.5 Å². The van der Waals surface area contributed by atoms with Crippen molar-refractivity contribution in [3.8, 4) is 0 Å². The Morgan fingerprint density at radius 2 is 1.93 bits per heavy atom. The van der Waals surface area contributed by atoms with E-state index in [2.05, 4.69) is 0 Å². The maximum absolute atomic E-state index is 12.1. The molecule has 0 bridgehead atoms. The predicted octanol–water partition coefficient (Wildman–Crippen LogP) is 2.10. The van der Waals surface area contributed by atoms with Gasteiger partial charge in [-0.25, -0.2) is 0 Å². The minimum absolute atomic E-state index is 0.332. The van der Waals surface area contributed by atoms with Gasteiger partial charge in [-0.3, -0.25) is 0 Å². The molecule has 90 valence electrons. The van der Waals surface area contributed by atoms with Crippen molar-refractivity contribution in [3.63, 3.8) is 0 Å². The van der Waals surface area contributed by atoms with Gasteiger partial charge in [-0.1, -0.05) is 6.92 Å². The van der Waals surface area contributed by atoms with E-state index in [1.165, 1.54) is 0 Å². The zero-order chi connectivity index (χ0) is 11.6. The lowest BCUT2D eigenvalue weighted by Gasteiger charge is -2.33. The average Bonchev–Trinajstić information content (AvgIpc) is 2.09. The zero-order valence-corrected chi connectivity index (χ0v) is 8.67. The summed E-state index contributed by atoms with van der Waals surface area (Å²) in [6.45, 7) is 1.96. The molecule has 1 fully saturated rings. The quantitative estimate of drug-likeness (QED) is 0.757. The monoisotopic (exact) mass is 226 g/mol. The van der Waals surface area contributed by atoms with E-state index in [9.17, 15) is 18.3 Å². The molecule has 0 aliphatic heterocycles. The summed E-state index contributed by atoms with van der Waals surface area (Å²) < 4.78 is 36.3. The summed E-state index contributed by atoms with van der Waals surface area (Å²) in [6, 6.07) is 0. The topological polar surface area (TPSA) is 40.5 Å². The highest BCUT2D eigenvalue weighted by atomic mass is 19.4. The van der Waals surface area contributed by atoms with Crippen molar-refractivity contribution in [2.24, 2.45) is 11.8 Å². The van der Waals surface area contributed by atoms with Gasteiger partial charge in [0.25, 0.3) is 0 Å². The summed E-state index contributed by atoms with van der Waals surface area (Å²) in [5.41, 5.74) is 0. The molecule has 0 amide bonds. The van der Waals surface area contributed by atoms with Crippen molar-refractivity contribution in [3.05, 3.63) is 0 Å². The highest BCUT2D eigenvalue weighted by Crippen LogP contribution is 2.35. The van der Waals surface area contributed by atoms with Crippen molar-refractivity contribution in [1.82, 2.24) is 0 Å². The predicted molar refractivity (Wildman–Crippen MR) is 49.2 cm³/mol. The smallest absolute Gasteiger partial charge is 0.393 e. The Labute approximate surface area is 87.1 Å². The van der Waals surface area contributed by atoms with Gasteiger partial charge >= 0.3 is 6.18 Å². The maximum atomic E-state index is 12.1. The summed E-state index contributed by atoms with van der Waals surface area (Å²) in [6.07, 6.45) is -6.00. The van der Waals surface area contributed by atoms with Crippen LogP contribution in [0.25, 0.3) is 0 Å². The maximum Gasteiger partial charge on any atom is 0.414 e. The first-order chi connectivity index (χ1) is 6.80. The second-order valence-corrected chi connectivity index (χ2v) is 4.54. The van der Waals surface area contributed by atoms with Crippen LogP contribution < -0.4 is 0 Å². The molecule has 0 aromatic heterocycles. The molecule has 0 heterocycles. The molecule has 15 heavy (non-hydrogen) atoms. The Hall–Kier alpha value is -0.290. The van der Waals surface area contributed by atoms with Gasteiger partial charge in [0.15, 0.2) is 0 Å². The van der Waals surface area contributed by atoms with Gasteiger partial charge in [0.1, 0.15) is 6.10 Å². The van der Waals surface area contributed by atoms with E-state index in [0.29, 0.717) is 18.8 Å². The summed E-state index contributed by atoms with van der Waals surface area (Å²) in [5.74, 6) is -0.0933. The second-order valence-electron chi connectivity index (χ2n) is 4.54. The SMILES string of the molecule is CC1CCC(O)C(CC(O)C(F)(F)F)C1. The van der Waals surface area contributed by atoms with Crippen LogP contribution in [-0.2, 0) is 0 Å². The molecule has 0 saturated heterocycles. The van der Waals surface area contributed by atoms with E-state index < -0.39 is 24.3 Å². The fourth-order valence-corrected chi connectivity index (χ4v) is 2.16. The van der Waals surface area contributed by atoms with Crippen molar-refractivity contribution < 1.29 is 23.4 Å². The number of hydrogen-bond donors (Lipinski definition) is 2. The Kier molecular flexibility index (Phi) is 4.00. The molecule has 0 spiro atoms. The van der Waals surface area contributed by atoms with Crippen LogP contribution in [0.2, 0.25) is 0 Å². The first-order valence-corrected chi connectivity index (χ1v) is 5.23. The van der Waals surface area contributed by atoms with E-state index in [-0.39, 0.29) is 6.42 Å². The van der Waals surface area contributed by atoms with Crippen LogP contribution in [0.3, 0.4) is 0 Å². The number of aliphatic hydroxyl groups is 2. The summed E-state index contributed by atoms with van der Waals surface area (Å²) in [4.78, 5) is 0. The number of halogens is 3. The summed E-state index contributed by atoms with van der Waals surface area (Å²) >= 11 is 0. The molecule has 0 aromatic rings. The van der Waals surface area contributed by atoms with Crippen molar-refractivity contribution >= 4 is 0 Å². The van der Waals surface area contributed by atoms with E-state index in [4.69, 9.17) is 5.11 Å². The molecule has 4 unspecified atom stereocenters. The van der Waals surface area contributed by atoms with Crippen LogP contribution >= 0.6 is 0 Å². The zero-order valence-electron chi connectivity index (χ0n) is 8.67. The molecule has 1 aliphatic rings. The van der Waals surface area contributed by atoms with Gasteiger partial charge < -0.3 is 10.2 Å². The highest BCUT2D eigenvalue weighted by Gasteiger charge is 2.41. The molecule has 2 nitrogen and oxygen atoms in total. The Morgan fingerprint density at radius 3 is 2.47 bits per heavy atom. The van der Waals surface area contributed by atoms with Crippen LogP contribution in [-0.4, -0.2) is 28.6 Å². The molecular weight excluding hydrogens is 209 g/mol. The van der Waals surface area contributed by atoms with E-state index in [1.807, 2.05) is 6.92 Å². The first-order valence-electron chi connectivity index (χ1n) is 5.23. The van der Waals surface area contributed by atoms with Crippen LogP contribution in [0.5, 0.6) is 0 Å². The largest absolute Gasteiger partial charge is 0.414 e. The van der Waals surface area contributed by atoms with Crippen LogP contribution in [0.15, 0.2) is 0 Å². The fourth-order valence-electron chi connectivity index (χ4n) is 2.16. The Morgan fingerprint density at radius 1 is 1.33 bits per heavy atom. The van der Waals surface area contributed by atoms with Gasteiger partial charge in [-0.2, -0.15) is 13.2 Å². The lowest BCUT2D eigenvalue weighted by molar-refractivity contribution is -0.211. The van der Waals surface area contributed by atoms with E-state index in [0.717, 1.165) is 6.42 Å². The number of hydrogen-bond acceptors (Lipinski definition) is 2. The molecule has 0 radical (unpaired) electrons. The third kappa shape index (κ3) is 3.65. The normalized spacial score (nSPS) is 35.2. The minimum Gasteiger partial charge on any atom is -0.393 e. The first kappa shape index (κ1) is 12.8. The third-order valence-electron chi connectivity index (χ3n) is 3.11. The molecule has 0 aromatic carbocycles. The molecule has 1 aliphatic carbocycles. The van der Waals surface area contributed by atoms with Gasteiger partial charge in [0.05, 0.1) is 6.10 Å². The number of alkyl halides is 3. The lowest BCUT2D eigenvalue weighted by atomic mass is 9.78. The Balaban J connectivity index is 2.49. The summed E-state index contributed by atoms with van der Waals surface area (Å²) in [7, 11) is 0. The average molecular weight is 226 g/mol. The van der Waals surface area contributed by atoms with Gasteiger partial charge in [0, 0.05) is 0 Å². The molecule has 2 N–H and O–H groups in total. The standard InChI is InChI=1S/C10H17F3O2/c1-6-2-3-8(14)7(4-6)5-9(15)10(11,12)13/h6-9,14-15H,2-5H2,1H3. The van der Waals surface area contributed by atoms with Crippen molar-refractivity contribution in [2.75, 3.05) is 0 Å².